The van der Waals surface area contributed by atoms with Crippen LogP contribution in [0.4, 0.5) is 15.9 Å². The molecule has 0 aliphatic carbocycles. The summed E-state index contributed by atoms with van der Waals surface area (Å²) >= 11 is 0. The number of hydrogen-bond donors (Lipinski definition) is 2. The Hall–Kier alpha value is -3.28. The number of benzene rings is 1. The monoisotopic (exact) mass is 322 g/mol. The first-order valence-electron chi connectivity index (χ1n) is 7.37. The lowest BCUT2D eigenvalue weighted by atomic mass is 10.2. The predicted octanol–water partition coefficient (Wildman–Crippen LogP) is 3.48. The van der Waals surface area contributed by atoms with Gasteiger partial charge in [-0.2, -0.15) is 0 Å². The van der Waals surface area contributed by atoms with Crippen molar-refractivity contribution in [3.63, 3.8) is 0 Å². The quantitative estimate of drug-likeness (QED) is 0.755. The maximum absolute atomic E-state index is 12.9. The first-order valence-corrected chi connectivity index (χ1v) is 7.37. The van der Waals surface area contributed by atoms with E-state index in [-0.39, 0.29) is 11.7 Å². The van der Waals surface area contributed by atoms with E-state index in [9.17, 15) is 9.18 Å². The van der Waals surface area contributed by atoms with Crippen LogP contribution in [-0.2, 0) is 6.54 Å². The van der Waals surface area contributed by atoms with E-state index in [1.807, 2.05) is 12.1 Å². The van der Waals surface area contributed by atoms with Crippen molar-refractivity contribution in [2.24, 2.45) is 0 Å². The van der Waals surface area contributed by atoms with Crippen LogP contribution in [0.15, 0.2) is 67.1 Å². The van der Waals surface area contributed by atoms with Crippen LogP contribution in [0.2, 0.25) is 0 Å². The first kappa shape index (κ1) is 15.6. The van der Waals surface area contributed by atoms with Gasteiger partial charge in [0, 0.05) is 30.8 Å². The van der Waals surface area contributed by atoms with E-state index in [2.05, 4.69) is 20.6 Å². The average Bonchev–Trinajstić information content (AvgIpc) is 2.63. The molecule has 6 heteroatoms. The fourth-order valence-electron chi connectivity index (χ4n) is 2.15. The van der Waals surface area contributed by atoms with Crippen molar-refractivity contribution in [3.05, 3.63) is 84.1 Å². The third-order valence-electron chi connectivity index (χ3n) is 3.36. The molecule has 0 atom stereocenters. The van der Waals surface area contributed by atoms with Crippen molar-refractivity contribution in [2.45, 2.75) is 6.54 Å². The van der Waals surface area contributed by atoms with Crippen LogP contribution in [0, 0.1) is 5.82 Å². The van der Waals surface area contributed by atoms with E-state index in [1.54, 1.807) is 30.7 Å². The summed E-state index contributed by atoms with van der Waals surface area (Å²) in [6.45, 7) is 0.524. The Labute approximate surface area is 138 Å². The summed E-state index contributed by atoms with van der Waals surface area (Å²) in [7, 11) is 0. The summed E-state index contributed by atoms with van der Waals surface area (Å²) in [5, 5.41) is 5.87. The number of carbonyl (C=O) groups excluding carboxylic acids is 1. The zero-order valence-corrected chi connectivity index (χ0v) is 12.7. The molecule has 3 aromatic rings. The third kappa shape index (κ3) is 3.92. The van der Waals surface area contributed by atoms with Crippen molar-refractivity contribution in [1.29, 1.82) is 0 Å². The van der Waals surface area contributed by atoms with E-state index in [1.165, 1.54) is 24.3 Å². The van der Waals surface area contributed by atoms with Gasteiger partial charge in [0.05, 0.1) is 5.56 Å². The van der Waals surface area contributed by atoms with Crippen LogP contribution in [0.25, 0.3) is 0 Å². The zero-order valence-electron chi connectivity index (χ0n) is 12.7. The van der Waals surface area contributed by atoms with Gasteiger partial charge in [-0.25, -0.2) is 9.37 Å². The molecule has 0 saturated heterocycles. The molecule has 0 radical (unpaired) electrons. The predicted molar refractivity (Wildman–Crippen MR) is 90.2 cm³/mol. The Morgan fingerprint density at radius 2 is 1.75 bits per heavy atom. The van der Waals surface area contributed by atoms with Crippen molar-refractivity contribution in [3.8, 4) is 0 Å². The van der Waals surface area contributed by atoms with Gasteiger partial charge < -0.3 is 10.6 Å². The van der Waals surface area contributed by atoms with E-state index >= 15 is 0 Å². The van der Waals surface area contributed by atoms with Gasteiger partial charge in [-0.3, -0.25) is 9.78 Å². The number of carbonyl (C=O) groups is 1. The first-order chi connectivity index (χ1) is 11.7. The molecule has 1 amide bonds. The summed E-state index contributed by atoms with van der Waals surface area (Å²) in [6, 6.07) is 12.7. The van der Waals surface area contributed by atoms with Crippen molar-refractivity contribution < 1.29 is 9.18 Å². The second-order valence-electron chi connectivity index (χ2n) is 5.07. The van der Waals surface area contributed by atoms with E-state index < -0.39 is 0 Å². The molecule has 1 aromatic carbocycles. The minimum Gasteiger partial charge on any atom is -0.365 e. The number of halogens is 1. The average molecular weight is 322 g/mol. The summed E-state index contributed by atoms with van der Waals surface area (Å²) in [6.07, 6.45) is 5.03. The van der Waals surface area contributed by atoms with E-state index in [4.69, 9.17) is 0 Å². The number of rotatable bonds is 5. The summed E-state index contributed by atoms with van der Waals surface area (Å²) < 4.78 is 12.9. The zero-order chi connectivity index (χ0) is 16.8. The molecule has 5 nitrogen and oxygen atoms in total. The second kappa shape index (κ2) is 7.32. The van der Waals surface area contributed by atoms with Gasteiger partial charge >= 0.3 is 0 Å². The van der Waals surface area contributed by atoms with Gasteiger partial charge in [-0.1, -0.05) is 0 Å². The number of amides is 1. The molecule has 0 unspecified atom stereocenters. The molecule has 0 bridgehead atoms. The lowest BCUT2D eigenvalue weighted by Gasteiger charge is -2.11. The SMILES string of the molecule is O=C(Nc1ccc(F)cc1)c1cccnc1NCc1ccncc1. The topological polar surface area (TPSA) is 66.9 Å². The molecule has 3 rings (SSSR count). The Balaban J connectivity index is 1.73. The van der Waals surface area contributed by atoms with Gasteiger partial charge in [0.1, 0.15) is 11.6 Å². The Morgan fingerprint density at radius 1 is 1.00 bits per heavy atom. The number of aromatic nitrogens is 2. The molecule has 2 aromatic heterocycles. The van der Waals surface area contributed by atoms with Crippen molar-refractivity contribution >= 4 is 17.4 Å². The highest BCUT2D eigenvalue weighted by Crippen LogP contribution is 2.16. The van der Waals surface area contributed by atoms with E-state index in [0.29, 0.717) is 23.6 Å². The molecular weight excluding hydrogens is 307 g/mol. The number of pyridine rings is 2. The molecular formula is C18H15FN4O. The van der Waals surface area contributed by atoms with Crippen LogP contribution in [0.5, 0.6) is 0 Å². The lowest BCUT2D eigenvalue weighted by Crippen LogP contribution is -2.15. The minimum atomic E-state index is -0.353. The molecule has 2 heterocycles. The van der Waals surface area contributed by atoms with Gasteiger partial charge in [0.2, 0.25) is 0 Å². The van der Waals surface area contributed by atoms with Crippen LogP contribution in [-0.4, -0.2) is 15.9 Å². The molecule has 24 heavy (non-hydrogen) atoms. The Morgan fingerprint density at radius 3 is 2.50 bits per heavy atom. The molecule has 120 valence electrons. The van der Waals surface area contributed by atoms with Crippen LogP contribution < -0.4 is 10.6 Å². The highest BCUT2D eigenvalue weighted by Gasteiger charge is 2.12. The number of anilines is 2. The summed E-state index contributed by atoms with van der Waals surface area (Å²) in [5.41, 5.74) is 1.96. The van der Waals surface area contributed by atoms with Gasteiger partial charge in [0.15, 0.2) is 0 Å². The summed E-state index contributed by atoms with van der Waals surface area (Å²) in [4.78, 5) is 20.6. The highest BCUT2D eigenvalue weighted by molar-refractivity contribution is 6.07. The summed E-state index contributed by atoms with van der Waals surface area (Å²) in [5.74, 6) is -0.185. The smallest absolute Gasteiger partial charge is 0.259 e. The number of nitrogens with one attached hydrogen (secondary N) is 2. The van der Waals surface area contributed by atoms with Gasteiger partial charge in [-0.15, -0.1) is 0 Å². The standard InChI is InChI=1S/C18H15FN4O/c19-14-3-5-15(6-4-14)23-18(24)16-2-1-9-21-17(16)22-12-13-7-10-20-11-8-13/h1-11H,12H2,(H,21,22)(H,23,24). The molecule has 0 fully saturated rings. The molecule has 0 aliphatic heterocycles. The maximum Gasteiger partial charge on any atom is 0.259 e. The molecule has 2 N–H and O–H groups in total. The Bertz CT molecular complexity index is 822. The minimum absolute atomic E-state index is 0.313. The van der Waals surface area contributed by atoms with Crippen LogP contribution >= 0.6 is 0 Å². The van der Waals surface area contributed by atoms with Crippen molar-refractivity contribution in [1.82, 2.24) is 9.97 Å². The molecule has 0 aliphatic rings. The van der Waals surface area contributed by atoms with Gasteiger partial charge in [-0.05, 0) is 54.1 Å². The fourth-order valence-corrected chi connectivity index (χ4v) is 2.15. The van der Waals surface area contributed by atoms with Crippen LogP contribution in [0.1, 0.15) is 15.9 Å². The third-order valence-corrected chi connectivity index (χ3v) is 3.36. The maximum atomic E-state index is 12.9. The molecule has 0 saturated carbocycles. The fraction of sp³-hybridized carbons (Fsp3) is 0.0556. The van der Waals surface area contributed by atoms with Crippen molar-refractivity contribution in [2.75, 3.05) is 10.6 Å². The number of hydrogen-bond acceptors (Lipinski definition) is 4. The molecule has 0 spiro atoms. The highest BCUT2D eigenvalue weighted by atomic mass is 19.1. The second-order valence-corrected chi connectivity index (χ2v) is 5.07. The normalized spacial score (nSPS) is 10.2. The van der Waals surface area contributed by atoms with Gasteiger partial charge in [0.25, 0.3) is 5.91 Å². The Kier molecular flexibility index (Phi) is 4.76. The van der Waals surface area contributed by atoms with Crippen LogP contribution in [0.3, 0.4) is 0 Å². The lowest BCUT2D eigenvalue weighted by molar-refractivity contribution is 0.102. The number of nitrogens with zero attached hydrogens (tertiary/aromatic N) is 2. The van der Waals surface area contributed by atoms with E-state index in [0.717, 1.165) is 5.56 Å². The largest absolute Gasteiger partial charge is 0.365 e.